The summed E-state index contributed by atoms with van der Waals surface area (Å²) in [6, 6.07) is 21.6. The molecule has 0 atom stereocenters. The monoisotopic (exact) mass is 434 g/mol. The van der Waals surface area contributed by atoms with Crippen LogP contribution in [0.15, 0.2) is 83.7 Å². The summed E-state index contributed by atoms with van der Waals surface area (Å²) in [6.07, 6.45) is 5.43. The highest BCUT2D eigenvalue weighted by Gasteiger charge is 2.20. The molecule has 0 unspecified atom stereocenters. The van der Waals surface area contributed by atoms with Crippen LogP contribution in [0.2, 0.25) is 0 Å². The number of nitrogens with zero attached hydrogens (tertiary/aromatic N) is 2. The van der Waals surface area contributed by atoms with Crippen LogP contribution in [0, 0.1) is 0 Å². The molecule has 4 heteroatoms. The Morgan fingerprint density at radius 1 is 0.812 bits per heavy atom. The van der Waals surface area contributed by atoms with Crippen molar-refractivity contribution in [1.82, 2.24) is 9.97 Å². The summed E-state index contributed by atoms with van der Waals surface area (Å²) in [4.78, 5) is 10.4. The molecular weight excluding hydrogens is 412 g/mol. The molecule has 0 aliphatic rings. The minimum absolute atomic E-state index is 0.0350. The molecule has 0 aliphatic heterocycles. The number of furan rings is 1. The lowest BCUT2D eigenvalue weighted by molar-refractivity contribution is 0.596. The summed E-state index contributed by atoms with van der Waals surface area (Å²) in [5, 5.41) is 4.77. The summed E-state index contributed by atoms with van der Waals surface area (Å²) in [6.45, 7) is 6.82. The quantitative estimate of drug-likeness (QED) is 0.275. The first-order valence-corrected chi connectivity index (χ1v) is 11.6. The van der Waals surface area contributed by atoms with Gasteiger partial charge in [-0.05, 0) is 58.1 Å². The zero-order chi connectivity index (χ0) is 21.9. The second-order valence-electron chi connectivity index (χ2n) is 9.17. The van der Waals surface area contributed by atoms with E-state index in [-0.39, 0.29) is 5.41 Å². The van der Waals surface area contributed by atoms with Gasteiger partial charge in [0.1, 0.15) is 0 Å². The van der Waals surface area contributed by atoms with Crippen LogP contribution in [-0.4, -0.2) is 9.97 Å². The van der Waals surface area contributed by atoms with Gasteiger partial charge >= 0.3 is 0 Å². The van der Waals surface area contributed by atoms with Crippen molar-refractivity contribution in [3.63, 3.8) is 0 Å². The molecule has 0 spiro atoms. The highest BCUT2D eigenvalue weighted by molar-refractivity contribution is 7.22. The van der Waals surface area contributed by atoms with Gasteiger partial charge in [-0.3, -0.25) is 4.98 Å². The molecule has 32 heavy (non-hydrogen) atoms. The minimum Gasteiger partial charge on any atom is -0.446 e. The number of thiophene rings is 1. The molecule has 156 valence electrons. The predicted molar refractivity (Wildman–Crippen MR) is 134 cm³/mol. The lowest BCUT2D eigenvalue weighted by atomic mass is 9.82. The number of pyridine rings is 2. The van der Waals surface area contributed by atoms with E-state index in [0.29, 0.717) is 5.71 Å². The third-order valence-corrected chi connectivity index (χ3v) is 7.16. The van der Waals surface area contributed by atoms with Crippen LogP contribution >= 0.6 is 11.3 Å². The second kappa shape index (κ2) is 7.01. The summed E-state index contributed by atoms with van der Waals surface area (Å²) in [5.74, 6) is 0. The Labute approximate surface area is 190 Å². The second-order valence-corrected chi connectivity index (χ2v) is 10.3. The standard InChI is InChI=1S/C28H22N2OS/c1-28(2,3)23-15-18(14-17-6-4-5-7-19(17)23)26-22-16-25(32-24(22)9-12-29-26)20-8-11-30-27-21(20)10-13-31-27/h4-16H,1-3H3. The van der Waals surface area contributed by atoms with Crippen molar-refractivity contribution in [2.45, 2.75) is 26.2 Å². The molecule has 4 aromatic heterocycles. The third kappa shape index (κ3) is 3.02. The number of rotatable bonds is 2. The molecule has 0 N–H and O–H groups in total. The fraction of sp³-hybridized carbons (Fsp3) is 0.143. The Bertz CT molecular complexity index is 1620. The Kier molecular flexibility index (Phi) is 4.21. The van der Waals surface area contributed by atoms with E-state index >= 15 is 0 Å². The van der Waals surface area contributed by atoms with E-state index in [0.717, 1.165) is 22.2 Å². The lowest BCUT2D eigenvalue weighted by Crippen LogP contribution is -2.12. The SMILES string of the molecule is CC(C)(C)c1cc(-c2nccc3sc(-c4ccnc5occc45)cc23)cc2ccccc12. The number of aromatic nitrogens is 2. The van der Waals surface area contributed by atoms with E-state index in [1.54, 1.807) is 17.6 Å². The molecule has 0 amide bonds. The van der Waals surface area contributed by atoms with Crippen molar-refractivity contribution in [3.8, 4) is 21.7 Å². The van der Waals surface area contributed by atoms with E-state index < -0.39 is 0 Å². The van der Waals surface area contributed by atoms with Crippen LogP contribution in [0.3, 0.4) is 0 Å². The summed E-state index contributed by atoms with van der Waals surface area (Å²) >= 11 is 1.78. The molecule has 0 fully saturated rings. The molecule has 0 aliphatic carbocycles. The average molecular weight is 435 g/mol. The predicted octanol–water partition coefficient (Wildman–Crippen LogP) is 8.22. The molecular formula is C28H22N2OS. The summed E-state index contributed by atoms with van der Waals surface area (Å²) in [5.41, 5.74) is 5.37. The van der Waals surface area contributed by atoms with Crippen molar-refractivity contribution >= 4 is 43.3 Å². The Hall–Kier alpha value is -3.50. The highest BCUT2D eigenvalue weighted by Crippen LogP contribution is 2.41. The molecule has 0 saturated heterocycles. The van der Waals surface area contributed by atoms with Crippen molar-refractivity contribution in [1.29, 1.82) is 0 Å². The Morgan fingerprint density at radius 3 is 2.53 bits per heavy atom. The van der Waals surface area contributed by atoms with Gasteiger partial charge in [0.25, 0.3) is 0 Å². The number of benzene rings is 2. The normalized spacial score (nSPS) is 12.2. The Morgan fingerprint density at radius 2 is 1.66 bits per heavy atom. The van der Waals surface area contributed by atoms with Crippen LogP contribution in [0.25, 0.3) is 53.7 Å². The number of hydrogen-bond acceptors (Lipinski definition) is 4. The van der Waals surface area contributed by atoms with Gasteiger partial charge in [0.2, 0.25) is 5.71 Å². The van der Waals surface area contributed by atoms with E-state index in [4.69, 9.17) is 9.40 Å². The van der Waals surface area contributed by atoms with Crippen LogP contribution in [-0.2, 0) is 5.41 Å². The fourth-order valence-electron chi connectivity index (χ4n) is 4.48. The number of hydrogen-bond donors (Lipinski definition) is 0. The van der Waals surface area contributed by atoms with Gasteiger partial charge in [0, 0.05) is 43.9 Å². The van der Waals surface area contributed by atoms with Crippen LogP contribution in [0.4, 0.5) is 0 Å². The van der Waals surface area contributed by atoms with Crippen molar-refractivity contribution < 1.29 is 4.42 Å². The van der Waals surface area contributed by atoms with Crippen LogP contribution in [0.1, 0.15) is 26.3 Å². The van der Waals surface area contributed by atoms with E-state index in [1.165, 1.54) is 31.3 Å². The van der Waals surface area contributed by atoms with Gasteiger partial charge in [-0.2, -0.15) is 0 Å². The third-order valence-electron chi connectivity index (χ3n) is 6.02. The van der Waals surface area contributed by atoms with Gasteiger partial charge in [-0.1, -0.05) is 45.0 Å². The minimum atomic E-state index is 0.0350. The molecule has 0 radical (unpaired) electrons. The maximum absolute atomic E-state index is 5.51. The van der Waals surface area contributed by atoms with E-state index in [1.807, 2.05) is 18.5 Å². The zero-order valence-electron chi connectivity index (χ0n) is 18.2. The molecule has 0 saturated carbocycles. The van der Waals surface area contributed by atoms with Crippen LogP contribution in [0.5, 0.6) is 0 Å². The zero-order valence-corrected chi connectivity index (χ0v) is 19.0. The molecule has 0 bridgehead atoms. The highest BCUT2D eigenvalue weighted by atomic mass is 32.1. The molecule has 6 rings (SSSR count). The molecule has 3 nitrogen and oxygen atoms in total. The molecule has 2 aromatic carbocycles. The van der Waals surface area contributed by atoms with Crippen LogP contribution < -0.4 is 0 Å². The molecule has 4 heterocycles. The largest absolute Gasteiger partial charge is 0.446 e. The first kappa shape index (κ1) is 19.2. The van der Waals surface area contributed by atoms with Crippen molar-refractivity contribution in [2.24, 2.45) is 0 Å². The average Bonchev–Trinajstić information content (AvgIpc) is 3.44. The topological polar surface area (TPSA) is 38.9 Å². The van der Waals surface area contributed by atoms with Gasteiger partial charge in [0.15, 0.2) is 0 Å². The smallest absolute Gasteiger partial charge is 0.226 e. The van der Waals surface area contributed by atoms with E-state index in [2.05, 4.69) is 80.4 Å². The van der Waals surface area contributed by atoms with Gasteiger partial charge in [-0.15, -0.1) is 11.3 Å². The lowest BCUT2D eigenvalue weighted by Gasteiger charge is -2.22. The van der Waals surface area contributed by atoms with Gasteiger partial charge in [-0.25, -0.2) is 4.98 Å². The van der Waals surface area contributed by atoms with Crippen molar-refractivity contribution in [2.75, 3.05) is 0 Å². The first-order chi connectivity index (χ1) is 15.5. The maximum atomic E-state index is 5.51. The number of fused-ring (bicyclic) bond motifs is 3. The summed E-state index contributed by atoms with van der Waals surface area (Å²) in [7, 11) is 0. The van der Waals surface area contributed by atoms with Gasteiger partial charge < -0.3 is 4.42 Å². The first-order valence-electron chi connectivity index (χ1n) is 10.7. The van der Waals surface area contributed by atoms with Crippen molar-refractivity contribution in [3.05, 3.63) is 84.9 Å². The molecule has 6 aromatic rings. The summed E-state index contributed by atoms with van der Waals surface area (Å²) < 4.78 is 6.74. The van der Waals surface area contributed by atoms with E-state index in [9.17, 15) is 0 Å². The maximum Gasteiger partial charge on any atom is 0.226 e. The van der Waals surface area contributed by atoms with Gasteiger partial charge in [0.05, 0.1) is 12.0 Å². The fourth-order valence-corrected chi connectivity index (χ4v) is 5.58. The Balaban J connectivity index is 1.60.